The number of carbonyl (C=O) groups is 1. The van der Waals surface area contributed by atoms with E-state index in [0.29, 0.717) is 0 Å². The van der Waals surface area contributed by atoms with Crippen LogP contribution >= 0.6 is 15.9 Å². The smallest absolute Gasteiger partial charge is 0.249 e. The summed E-state index contributed by atoms with van der Waals surface area (Å²) in [5, 5.41) is 0. The van der Waals surface area contributed by atoms with E-state index in [0.717, 1.165) is 16.1 Å². The molecule has 1 aliphatic rings. The second-order valence-corrected chi connectivity index (χ2v) is 5.36. The number of nitrogens with zero attached hydrogens (tertiary/aromatic N) is 3. The topological polar surface area (TPSA) is 36.4 Å². The fourth-order valence-corrected chi connectivity index (χ4v) is 2.56. The molecule has 92 valence electrons. The van der Waals surface area contributed by atoms with E-state index in [4.69, 9.17) is 0 Å². The standard InChI is InChI=1S/C12H16BrN3O/c1-7(2)16-8(3)12(17)15(4)9-5-6-10(13)14-11(9)16/h5-8H,1-4H3. The number of likely N-dealkylation sites (N-methyl/N-ethyl adjacent to an activating group) is 1. The lowest BCUT2D eigenvalue weighted by Gasteiger charge is -2.41. The summed E-state index contributed by atoms with van der Waals surface area (Å²) in [6.45, 7) is 6.06. The third-order valence-corrected chi connectivity index (χ3v) is 3.53. The molecule has 0 aromatic carbocycles. The molecule has 0 saturated carbocycles. The molecule has 0 saturated heterocycles. The van der Waals surface area contributed by atoms with E-state index >= 15 is 0 Å². The zero-order valence-corrected chi connectivity index (χ0v) is 12.0. The van der Waals surface area contributed by atoms with E-state index in [9.17, 15) is 4.79 Å². The van der Waals surface area contributed by atoms with Crippen LogP contribution < -0.4 is 9.80 Å². The summed E-state index contributed by atoms with van der Waals surface area (Å²) in [4.78, 5) is 20.4. The molecule has 1 unspecified atom stereocenters. The van der Waals surface area contributed by atoms with E-state index in [1.807, 2.05) is 19.1 Å². The van der Waals surface area contributed by atoms with Crippen LogP contribution in [0.4, 0.5) is 11.5 Å². The highest BCUT2D eigenvalue weighted by Gasteiger charge is 2.35. The van der Waals surface area contributed by atoms with E-state index in [1.54, 1.807) is 11.9 Å². The van der Waals surface area contributed by atoms with Gasteiger partial charge in [0.2, 0.25) is 5.91 Å². The van der Waals surface area contributed by atoms with Crippen molar-refractivity contribution in [2.75, 3.05) is 16.8 Å². The van der Waals surface area contributed by atoms with Crippen molar-refractivity contribution < 1.29 is 4.79 Å². The SMILES string of the molecule is CC(C)N1c2nc(Br)ccc2N(C)C(=O)C1C. The number of rotatable bonds is 1. The van der Waals surface area contributed by atoms with Gasteiger partial charge in [0.25, 0.3) is 0 Å². The maximum absolute atomic E-state index is 12.1. The van der Waals surface area contributed by atoms with Crippen molar-refractivity contribution in [3.8, 4) is 0 Å². The van der Waals surface area contributed by atoms with Gasteiger partial charge in [-0.1, -0.05) is 0 Å². The van der Waals surface area contributed by atoms with Crippen LogP contribution in [0.15, 0.2) is 16.7 Å². The van der Waals surface area contributed by atoms with Crippen LogP contribution in [0.5, 0.6) is 0 Å². The Hall–Kier alpha value is -1.10. The van der Waals surface area contributed by atoms with Crippen molar-refractivity contribution in [1.82, 2.24) is 4.98 Å². The largest absolute Gasteiger partial charge is 0.341 e. The molecule has 1 aromatic rings. The molecular formula is C12H16BrN3O. The second kappa shape index (κ2) is 4.29. The van der Waals surface area contributed by atoms with Gasteiger partial charge in [-0.3, -0.25) is 4.79 Å². The molecule has 1 aromatic heterocycles. The van der Waals surface area contributed by atoms with Gasteiger partial charge in [0.05, 0.1) is 5.69 Å². The molecule has 0 N–H and O–H groups in total. The Morgan fingerprint density at radius 2 is 2.06 bits per heavy atom. The summed E-state index contributed by atoms with van der Waals surface area (Å²) in [6, 6.07) is 3.85. The Bertz CT molecular complexity index is 461. The van der Waals surface area contributed by atoms with Gasteiger partial charge in [0.15, 0.2) is 5.82 Å². The lowest BCUT2D eigenvalue weighted by molar-refractivity contribution is -0.119. The molecule has 2 heterocycles. The molecule has 0 bridgehead atoms. The van der Waals surface area contributed by atoms with Crippen LogP contribution in [-0.4, -0.2) is 30.0 Å². The van der Waals surface area contributed by atoms with Gasteiger partial charge in [-0.25, -0.2) is 4.98 Å². The average Bonchev–Trinajstić information content (AvgIpc) is 2.25. The number of pyridine rings is 1. The molecular weight excluding hydrogens is 282 g/mol. The Morgan fingerprint density at radius 1 is 1.41 bits per heavy atom. The number of hydrogen-bond acceptors (Lipinski definition) is 3. The van der Waals surface area contributed by atoms with Gasteiger partial charge < -0.3 is 9.80 Å². The van der Waals surface area contributed by atoms with E-state index < -0.39 is 0 Å². The predicted octanol–water partition coefficient (Wildman–Crippen LogP) is 2.42. The summed E-state index contributed by atoms with van der Waals surface area (Å²) in [6.07, 6.45) is 0. The minimum absolute atomic E-state index is 0.107. The molecule has 0 radical (unpaired) electrons. The molecule has 1 aliphatic heterocycles. The average molecular weight is 298 g/mol. The van der Waals surface area contributed by atoms with Crippen molar-refractivity contribution in [2.24, 2.45) is 0 Å². The van der Waals surface area contributed by atoms with Crippen LogP contribution in [0.2, 0.25) is 0 Å². The fraction of sp³-hybridized carbons (Fsp3) is 0.500. The number of hydrogen-bond donors (Lipinski definition) is 0. The minimum atomic E-state index is -0.172. The predicted molar refractivity (Wildman–Crippen MR) is 72.4 cm³/mol. The van der Waals surface area contributed by atoms with Crippen LogP contribution in [0.1, 0.15) is 20.8 Å². The first-order valence-corrected chi connectivity index (χ1v) is 6.45. The van der Waals surface area contributed by atoms with Crippen LogP contribution in [0.25, 0.3) is 0 Å². The number of halogens is 1. The highest BCUT2D eigenvalue weighted by Crippen LogP contribution is 2.35. The second-order valence-electron chi connectivity index (χ2n) is 4.55. The number of carbonyl (C=O) groups excluding carboxylic acids is 1. The zero-order chi connectivity index (χ0) is 12.7. The van der Waals surface area contributed by atoms with Crippen LogP contribution in [0, 0.1) is 0 Å². The fourth-order valence-electron chi connectivity index (χ4n) is 2.26. The Kier molecular flexibility index (Phi) is 3.12. The molecule has 4 nitrogen and oxygen atoms in total. The first-order chi connectivity index (χ1) is 7.93. The van der Waals surface area contributed by atoms with Gasteiger partial charge in [-0.2, -0.15) is 0 Å². The Balaban J connectivity index is 2.60. The molecule has 2 rings (SSSR count). The number of aromatic nitrogens is 1. The number of anilines is 2. The first-order valence-electron chi connectivity index (χ1n) is 5.66. The van der Waals surface area contributed by atoms with E-state index in [1.165, 1.54) is 0 Å². The monoisotopic (exact) mass is 297 g/mol. The first kappa shape index (κ1) is 12.4. The van der Waals surface area contributed by atoms with Crippen LogP contribution in [0.3, 0.4) is 0 Å². The lowest BCUT2D eigenvalue weighted by Crippen LogP contribution is -2.53. The molecule has 1 amide bonds. The van der Waals surface area contributed by atoms with Crippen molar-refractivity contribution in [2.45, 2.75) is 32.9 Å². The molecule has 17 heavy (non-hydrogen) atoms. The zero-order valence-electron chi connectivity index (χ0n) is 10.4. The van der Waals surface area contributed by atoms with Crippen molar-refractivity contribution >= 4 is 33.3 Å². The lowest BCUT2D eigenvalue weighted by atomic mass is 10.1. The summed E-state index contributed by atoms with van der Waals surface area (Å²) >= 11 is 3.38. The maximum Gasteiger partial charge on any atom is 0.249 e. The summed E-state index contributed by atoms with van der Waals surface area (Å²) in [7, 11) is 1.80. The van der Waals surface area contributed by atoms with Crippen molar-refractivity contribution in [3.63, 3.8) is 0 Å². The van der Waals surface area contributed by atoms with Crippen molar-refractivity contribution in [3.05, 3.63) is 16.7 Å². The van der Waals surface area contributed by atoms with Crippen molar-refractivity contribution in [1.29, 1.82) is 0 Å². The van der Waals surface area contributed by atoms with Gasteiger partial charge in [0.1, 0.15) is 10.6 Å². The number of fused-ring (bicyclic) bond motifs is 1. The summed E-state index contributed by atoms with van der Waals surface area (Å²) in [5.74, 6) is 0.972. The molecule has 0 spiro atoms. The van der Waals surface area contributed by atoms with Crippen LogP contribution in [-0.2, 0) is 4.79 Å². The summed E-state index contributed by atoms with van der Waals surface area (Å²) in [5.41, 5.74) is 0.866. The minimum Gasteiger partial charge on any atom is -0.341 e. The maximum atomic E-state index is 12.1. The van der Waals surface area contributed by atoms with Gasteiger partial charge >= 0.3 is 0 Å². The quantitative estimate of drug-likeness (QED) is 0.747. The van der Waals surface area contributed by atoms with Gasteiger partial charge in [0, 0.05) is 13.1 Å². The van der Waals surface area contributed by atoms with Gasteiger partial charge in [-0.05, 0) is 48.8 Å². The van der Waals surface area contributed by atoms with E-state index in [2.05, 4.69) is 39.7 Å². The Morgan fingerprint density at radius 3 is 2.65 bits per heavy atom. The molecule has 0 aliphatic carbocycles. The third-order valence-electron chi connectivity index (χ3n) is 3.09. The van der Waals surface area contributed by atoms with E-state index in [-0.39, 0.29) is 18.0 Å². The normalized spacial score (nSPS) is 19.9. The highest BCUT2D eigenvalue weighted by molar-refractivity contribution is 9.10. The van der Waals surface area contributed by atoms with Gasteiger partial charge in [-0.15, -0.1) is 0 Å². The molecule has 1 atom stereocenters. The highest BCUT2D eigenvalue weighted by atomic mass is 79.9. The summed E-state index contributed by atoms with van der Waals surface area (Å²) < 4.78 is 0.789. The third kappa shape index (κ3) is 1.92. The number of amides is 1. The molecule has 0 fully saturated rings. The Labute approximate surface area is 110 Å². The molecule has 5 heteroatoms.